The van der Waals surface area contributed by atoms with Gasteiger partial charge in [-0.15, -0.1) is 0 Å². The van der Waals surface area contributed by atoms with Gasteiger partial charge in [0.05, 0.1) is 25.3 Å². The highest BCUT2D eigenvalue weighted by molar-refractivity contribution is 5.79. The number of hydrogen-bond donors (Lipinski definition) is 3. The summed E-state index contributed by atoms with van der Waals surface area (Å²) in [6, 6.07) is 12.2. The van der Waals surface area contributed by atoms with E-state index in [-0.39, 0.29) is 6.54 Å². The molecule has 1 atom stereocenters. The lowest BCUT2D eigenvalue weighted by atomic mass is 10.1. The van der Waals surface area contributed by atoms with E-state index in [0.717, 1.165) is 23.3 Å². The summed E-state index contributed by atoms with van der Waals surface area (Å²) in [4.78, 5) is 4.37. The molecule has 0 aromatic heterocycles. The molecule has 0 aliphatic carbocycles. The van der Waals surface area contributed by atoms with Crippen LogP contribution in [0.1, 0.15) is 29.7 Å². The minimum Gasteiger partial charge on any atom is -0.497 e. The number of nitrogens with one attached hydrogen (secondary N) is 2. The third-order valence-electron chi connectivity index (χ3n) is 4.25. The van der Waals surface area contributed by atoms with E-state index in [0.29, 0.717) is 31.2 Å². The second-order valence-electron chi connectivity index (χ2n) is 6.38. The van der Waals surface area contributed by atoms with Gasteiger partial charge in [-0.05, 0) is 48.7 Å². The zero-order chi connectivity index (χ0) is 21.3. The molecule has 0 spiro atoms. The third kappa shape index (κ3) is 7.30. The van der Waals surface area contributed by atoms with Gasteiger partial charge in [0.1, 0.15) is 5.75 Å². The van der Waals surface area contributed by atoms with Crippen LogP contribution < -0.4 is 15.4 Å². The Kier molecular flexibility index (Phi) is 8.33. The van der Waals surface area contributed by atoms with Crippen molar-refractivity contribution in [2.45, 2.75) is 25.6 Å². The highest BCUT2D eigenvalue weighted by Gasteiger charge is 2.29. The van der Waals surface area contributed by atoms with Crippen LogP contribution in [-0.4, -0.2) is 37.8 Å². The quantitative estimate of drug-likeness (QED) is 0.461. The van der Waals surface area contributed by atoms with Crippen molar-refractivity contribution in [1.29, 1.82) is 0 Å². The largest absolute Gasteiger partial charge is 0.497 e. The van der Waals surface area contributed by atoms with Crippen molar-refractivity contribution in [3.05, 3.63) is 65.2 Å². The van der Waals surface area contributed by atoms with E-state index in [9.17, 15) is 18.3 Å². The van der Waals surface area contributed by atoms with Crippen molar-refractivity contribution in [3.63, 3.8) is 0 Å². The molecule has 158 valence electrons. The number of methoxy groups -OCH3 is 1. The van der Waals surface area contributed by atoms with E-state index in [1.165, 1.54) is 12.1 Å². The molecule has 0 aliphatic rings. The van der Waals surface area contributed by atoms with Crippen LogP contribution in [0.5, 0.6) is 5.75 Å². The molecular weight excluding hydrogens is 383 g/mol. The van der Waals surface area contributed by atoms with Gasteiger partial charge in [-0.2, -0.15) is 13.2 Å². The zero-order valence-corrected chi connectivity index (χ0v) is 16.5. The van der Waals surface area contributed by atoms with E-state index in [1.807, 2.05) is 6.92 Å². The molecule has 0 heterocycles. The van der Waals surface area contributed by atoms with Crippen LogP contribution in [0.25, 0.3) is 0 Å². The number of aliphatic hydroxyl groups excluding tert-OH is 1. The average molecular weight is 409 g/mol. The summed E-state index contributed by atoms with van der Waals surface area (Å²) in [5.74, 6) is 1.25. The molecule has 2 aromatic carbocycles. The number of hydrogen-bond acceptors (Lipinski definition) is 3. The molecule has 0 aliphatic heterocycles. The predicted molar refractivity (Wildman–Crippen MR) is 107 cm³/mol. The van der Waals surface area contributed by atoms with Crippen molar-refractivity contribution in [1.82, 2.24) is 10.6 Å². The number of rotatable bonds is 8. The highest BCUT2D eigenvalue weighted by atomic mass is 19.4. The Labute approximate surface area is 168 Å². The Morgan fingerprint density at radius 1 is 1.07 bits per heavy atom. The van der Waals surface area contributed by atoms with Crippen LogP contribution in [0.4, 0.5) is 13.2 Å². The maximum absolute atomic E-state index is 12.6. The topological polar surface area (TPSA) is 65.9 Å². The van der Waals surface area contributed by atoms with Crippen LogP contribution in [0.15, 0.2) is 53.5 Å². The molecule has 2 rings (SSSR count). The van der Waals surface area contributed by atoms with Gasteiger partial charge in [0.25, 0.3) is 0 Å². The van der Waals surface area contributed by atoms with E-state index in [1.54, 1.807) is 31.4 Å². The summed E-state index contributed by atoms with van der Waals surface area (Å²) in [6.07, 6.45) is -4.54. The van der Waals surface area contributed by atoms with E-state index < -0.39 is 17.8 Å². The fraction of sp³-hybridized carbons (Fsp3) is 0.381. The Balaban J connectivity index is 1.88. The minimum absolute atomic E-state index is 0.169. The summed E-state index contributed by atoms with van der Waals surface area (Å²) in [6.45, 7) is 3.23. The SMILES string of the molecule is CCNC(=NCC(O)c1ccc(OC)cc1)NCCc1ccc(C(F)(F)F)cc1. The summed E-state index contributed by atoms with van der Waals surface area (Å²) in [7, 11) is 1.58. The van der Waals surface area contributed by atoms with Crippen molar-refractivity contribution in [2.75, 3.05) is 26.7 Å². The second kappa shape index (κ2) is 10.7. The predicted octanol–water partition coefficient (Wildman–Crippen LogP) is 3.55. The van der Waals surface area contributed by atoms with Crippen molar-refractivity contribution in [2.24, 2.45) is 4.99 Å². The molecule has 0 bridgehead atoms. The lowest BCUT2D eigenvalue weighted by Crippen LogP contribution is -2.38. The van der Waals surface area contributed by atoms with E-state index in [2.05, 4.69) is 15.6 Å². The standard InChI is InChI=1S/C21H26F3N3O2/c1-3-25-20(27-14-19(28)16-6-10-18(29-2)11-7-16)26-13-12-15-4-8-17(9-5-15)21(22,23)24/h4-11,19,28H,3,12-14H2,1-2H3,(H2,25,26,27). The van der Waals surface area contributed by atoms with Crippen molar-refractivity contribution in [3.8, 4) is 5.75 Å². The summed E-state index contributed by atoms with van der Waals surface area (Å²) in [5, 5.41) is 16.5. The number of guanidine groups is 1. The van der Waals surface area contributed by atoms with Gasteiger partial charge in [-0.25, -0.2) is 0 Å². The third-order valence-corrected chi connectivity index (χ3v) is 4.25. The van der Waals surface area contributed by atoms with Gasteiger partial charge in [0.2, 0.25) is 0 Å². The van der Waals surface area contributed by atoms with Crippen LogP contribution >= 0.6 is 0 Å². The number of alkyl halides is 3. The first-order chi connectivity index (χ1) is 13.8. The molecule has 0 radical (unpaired) electrons. The van der Waals surface area contributed by atoms with Crippen molar-refractivity contribution >= 4 is 5.96 Å². The molecule has 8 heteroatoms. The summed E-state index contributed by atoms with van der Waals surface area (Å²) in [5.41, 5.74) is 0.867. The van der Waals surface area contributed by atoms with Gasteiger partial charge in [0.15, 0.2) is 5.96 Å². The molecule has 3 N–H and O–H groups in total. The monoisotopic (exact) mass is 409 g/mol. The summed E-state index contributed by atoms with van der Waals surface area (Å²) < 4.78 is 42.9. The Bertz CT molecular complexity index is 775. The van der Waals surface area contributed by atoms with Crippen LogP contribution in [0, 0.1) is 0 Å². The highest BCUT2D eigenvalue weighted by Crippen LogP contribution is 2.29. The molecule has 5 nitrogen and oxygen atoms in total. The smallest absolute Gasteiger partial charge is 0.416 e. The van der Waals surface area contributed by atoms with E-state index >= 15 is 0 Å². The summed E-state index contributed by atoms with van der Waals surface area (Å²) >= 11 is 0. The number of nitrogens with zero attached hydrogens (tertiary/aromatic N) is 1. The maximum atomic E-state index is 12.6. The number of benzene rings is 2. The molecule has 0 saturated heterocycles. The first-order valence-electron chi connectivity index (χ1n) is 9.33. The Morgan fingerprint density at radius 2 is 1.72 bits per heavy atom. The molecule has 0 saturated carbocycles. The number of aliphatic hydroxyl groups is 1. The molecule has 1 unspecified atom stereocenters. The number of ether oxygens (including phenoxy) is 1. The van der Waals surface area contributed by atoms with Gasteiger partial charge >= 0.3 is 6.18 Å². The second-order valence-corrected chi connectivity index (χ2v) is 6.38. The van der Waals surface area contributed by atoms with Gasteiger partial charge in [-0.3, -0.25) is 4.99 Å². The normalized spacial score (nSPS) is 13.1. The molecule has 2 aromatic rings. The Hall–Kier alpha value is -2.74. The minimum atomic E-state index is -4.33. The van der Waals surface area contributed by atoms with E-state index in [4.69, 9.17) is 4.74 Å². The van der Waals surface area contributed by atoms with Gasteiger partial charge in [0, 0.05) is 13.1 Å². The number of halogens is 3. The van der Waals surface area contributed by atoms with Crippen LogP contribution in [-0.2, 0) is 12.6 Å². The molecule has 0 amide bonds. The average Bonchev–Trinajstić information content (AvgIpc) is 2.71. The maximum Gasteiger partial charge on any atom is 0.416 e. The lowest BCUT2D eigenvalue weighted by molar-refractivity contribution is -0.137. The Morgan fingerprint density at radius 3 is 2.28 bits per heavy atom. The fourth-order valence-electron chi connectivity index (χ4n) is 2.64. The lowest BCUT2D eigenvalue weighted by Gasteiger charge is -2.14. The zero-order valence-electron chi connectivity index (χ0n) is 16.5. The fourth-order valence-corrected chi connectivity index (χ4v) is 2.64. The van der Waals surface area contributed by atoms with Crippen LogP contribution in [0.2, 0.25) is 0 Å². The first kappa shape index (κ1) is 22.5. The molecule has 0 fully saturated rings. The van der Waals surface area contributed by atoms with Gasteiger partial charge in [-0.1, -0.05) is 24.3 Å². The van der Waals surface area contributed by atoms with Crippen LogP contribution in [0.3, 0.4) is 0 Å². The molecular formula is C21H26F3N3O2. The number of aliphatic imine (C=N–C) groups is 1. The van der Waals surface area contributed by atoms with Crippen molar-refractivity contribution < 1.29 is 23.0 Å². The van der Waals surface area contributed by atoms with Gasteiger partial charge < -0.3 is 20.5 Å². The first-order valence-corrected chi connectivity index (χ1v) is 9.33. The molecule has 29 heavy (non-hydrogen) atoms.